The molecule has 106 valence electrons. The molecule has 0 saturated carbocycles. The third-order valence-electron chi connectivity index (χ3n) is 2.68. The number of hydrogen-bond donors (Lipinski definition) is 0. The lowest BCUT2D eigenvalue weighted by Gasteiger charge is -2.11. The van der Waals surface area contributed by atoms with Gasteiger partial charge in [-0.05, 0) is 35.4 Å². The summed E-state index contributed by atoms with van der Waals surface area (Å²) in [6.07, 6.45) is 0. The van der Waals surface area contributed by atoms with E-state index in [1.807, 2.05) is 0 Å². The molecule has 0 saturated heterocycles. The van der Waals surface area contributed by atoms with Crippen molar-refractivity contribution in [1.29, 1.82) is 0 Å². The van der Waals surface area contributed by atoms with Gasteiger partial charge in [-0.15, -0.1) is 0 Å². The normalized spacial score (nSPS) is 11.0. The monoisotopic (exact) mass is 330 g/mol. The Labute approximate surface area is 128 Å². The van der Waals surface area contributed by atoms with Crippen molar-refractivity contribution in [2.45, 2.75) is 21.3 Å². The van der Waals surface area contributed by atoms with Gasteiger partial charge in [-0.3, -0.25) is 0 Å². The lowest BCUT2D eigenvalue weighted by molar-refractivity contribution is 0.593. The van der Waals surface area contributed by atoms with Crippen LogP contribution in [0.5, 0.6) is 0 Å². The third-order valence-corrected chi connectivity index (χ3v) is 4.89. The molecule has 0 unspecified atom stereocenters. The zero-order valence-electron chi connectivity index (χ0n) is 10.4. The Morgan fingerprint density at radius 2 is 1.10 bits per heavy atom. The predicted molar refractivity (Wildman–Crippen MR) is 82.4 cm³/mol. The third kappa shape index (κ3) is 4.70. The van der Waals surface area contributed by atoms with Crippen molar-refractivity contribution in [1.82, 2.24) is 0 Å². The highest BCUT2D eigenvalue weighted by Gasteiger charge is 2.09. The lowest BCUT2D eigenvalue weighted by atomic mass is 10.2. The molecule has 6 heteroatoms. The second kappa shape index (κ2) is 7.93. The molecule has 20 heavy (non-hydrogen) atoms. The van der Waals surface area contributed by atoms with E-state index in [1.165, 1.54) is 0 Å². The highest BCUT2D eigenvalue weighted by Crippen LogP contribution is 2.22. The number of benzene rings is 2. The molecule has 2 rings (SSSR count). The minimum Gasteiger partial charge on any atom is -0.616 e. The van der Waals surface area contributed by atoms with Gasteiger partial charge in [-0.25, -0.2) is 0 Å². The Morgan fingerprint density at radius 1 is 0.750 bits per heavy atom. The van der Waals surface area contributed by atoms with Crippen molar-refractivity contribution < 1.29 is 12.3 Å². The van der Waals surface area contributed by atoms with Crippen LogP contribution in [0.15, 0.2) is 58.3 Å². The molecule has 2 aromatic carbocycles. The first-order valence-electron chi connectivity index (χ1n) is 5.81. The van der Waals surface area contributed by atoms with E-state index in [1.54, 1.807) is 48.5 Å². The average molecular weight is 330 g/mol. The summed E-state index contributed by atoms with van der Waals surface area (Å²) in [5.41, 5.74) is 1.83. The molecule has 0 aliphatic heterocycles. The minimum absolute atomic E-state index is 0.194. The molecule has 0 radical (unpaired) electrons. The van der Waals surface area contributed by atoms with Crippen molar-refractivity contribution in [3.05, 3.63) is 59.7 Å². The average Bonchev–Trinajstić information content (AvgIpc) is 2.49. The van der Waals surface area contributed by atoms with Gasteiger partial charge in [0, 0.05) is 20.9 Å². The predicted octanol–water partition coefficient (Wildman–Crippen LogP) is 5.09. The zero-order chi connectivity index (χ0) is 14.4. The molecule has 0 aliphatic rings. The van der Waals surface area contributed by atoms with Gasteiger partial charge in [0.15, 0.2) is 0 Å². The fourth-order valence-electron chi connectivity index (χ4n) is 1.70. The van der Waals surface area contributed by atoms with Crippen molar-refractivity contribution in [3.63, 3.8) is 0 Å². The summed E-state index contributed by atoms with van der Waals surface area (Å²) in [4.78, 5) is 1.08. The summed E-state index contributed by atoms with van der Waals surface area (Å²) in [6, 6.07) is 13.8. The Kier molecular flexibility index (Phi) is 6.22. The van der Waals surface area contributed by atoms with Crippen molar-refractivity contribution in [2.75, 3.05) is 0 Å². The van der Waals surface area contributed by atoms with E-state index in [2.05, 4.69) is 0 Å². The maximum Gasteiger partial charge on any atom is 0.131 e. The maximum atomic E-state index is 12.3. The molecule has 0 N–H and O–H groups in total. The largest absolute Gasteiger partial charge is 0.616 e. The molecule has 0 heterocycles. The summed E-state index contributed by atoms with van der Waals surface area (Å²) in [7, 11) is 0. The van der Waals surface area contributed by atoms with Gasteiger partial charge in [-0.2, -0.15) is 7.77 Å². The molecule has 2 aromatic rings. The van der Waals surface area contributed by atoms with Crippen molar-refractivity contribution in [2.24, 2.45) is 0 Å². The fourth-order valence-corrected chi connectivity index (χ4v) is 3.41. The van der Waals surface area contributed by atoms with E-state index in [0.717, 1.165) is 11.1 Å². The second-order valence-electron chi connectivity index (χ2n) is 4.17. The van der Waals surface area contributed by atoms with Gasteiger partial charge in [0.2, 0.25) is 0 Å². The van der Waals surface area contributed by atoms with Crippen LogP contribution in [0.4, 0.5) is 7.77 Å². The number of hydrogen-bond acceptors (Lipinski definition) is 3. The van der Waals surface area contributed by atoms with Gasteiger partial charge >= 0.3 is 0 Å². The van der Waals surface area contributed by atoms with Crippen molar-refractivity contribution >= 4 is 35.5 Å². The first-order valence-corrected chi connectivity index (χ1v) is 8.73. The van der Waals surface area contributed by atoms with Crippen LogP contribution >= 0.6 is 24.3 Å². The van der Waals surface area contributed by atoms with Crippen LogP contribution in [0.3, 0.4) is 0 Å². The maximum absolute atomic E-state index is 12.3. The second-order valence-corrected chi connectivity index (χ2v) is 6.88. The Bertz CT molecular complexity index is 482. The van der Waals surface area contributed by atoms with Crippen LogP contribution < -0.4 is 0 Å². The molecule has 1 nitrogen and oxygen atoms in total. The quantitative estimate of drug-likeness (QED) is 0.689. The molecule has 0 fully saturated rings. The Hall–Kier alpha value is -0.690. The van der Waals surface area contributed by atoms with E-state index in [9.17, 15) is 12.3 Å². The van der Waals surface area contributed by atoms with Crippen LogP contribution in [0, 0.1) is 0 Å². The molecule has 0 aliphatic carbocycles. The number of halogens is 2. The standard InChI is InChI=1S/C14H12F2OS3/c15-18-13-5-1-11(2-6-13)9-20(17)10-12-3-7-14(19-16)8-4-12/h1-8H,9-10H2. The van der Waals surface area contributed by atoms with Crippen LogP contribution in [0.2, 0.25) is 0 Å². The Morgan fingerprint density at radius 3 is 1.40 bits per heavy atom. The molecule has 0 spiro atoms. The Balaban J connectivity index is 1.91. The molecular formula is C14H12F2OS3. The van der Waals surface area contributed by atoms with Gasteiger partial charge in [-0.1, -0.05) is 24.3 Å². The molecule has 0 atom stereocenters. The van der Waals surface area contributed by atoms with Crippen LogP contribution in [0.25, 0.3) is 0 Å². The smallest absolute Gasteiger partial charge is 0.131 e. The van der Waals surface area contributed by atoms with Crippen molar-refractivity contribution in [3.8, 4) is 0 Å². The van der Waals surface area contributed by atoms with E-state index in [4.69, 9.17) is 0 Å². The van der Waals surface area contributed by atoms with Gasteiger partial charge in [0.05, 0.1) is 24.3 Å². The molecule has 0 bridgehead atoms. The van der Waals surface area contributed by atoms with E-state index in [-0.39, 0.29) is 24.3 Å². The first-order chi connectivity index (χ1) is 9.71. The van der Waals surface area contributed by atoms with E-state index in [0.29, 0.717) is 21.3 Å². The summed E-state index contributed by atoms with van der Waals surface area (Å²) in [5.74, 6) is 0.855. The zero-order valence-corrected chi connectivity index (χ0v) is 12.9. The summed E-state index contributed by atoms with van der Waals surface area (Å²) in [5, 5.41) is 0. The first kappa shape index (κ1) is 15.7. The highest BCUT2D eigenvalue weighted by molar-refractivity contribution is 7.94. The van der Waals surface area contributed by atoms with Crippen LogP contribution in [0.1, 0.15) is 11.1 Å². The summed E-state index contributed by atoms with van der Waals surface area (Å²) < 4.78 is 36.6. The van der Waals surface area contributed by atoms with E-state index < -0.39 is 11.2 Å². The topological polar surface area (TPSA) is 23.1 Å². The summed E-state index contributed by atoms with van der Waals surface area (Å²) in [6.45, 7) is 0. The minimum atomic E-state index is -1.04. The fraction of sp³-hybridized carbons (Fsp3) is 0.143. The molecular weight excluding hydrogens is 318 g/mol. The highest BCUT2D eigenvalue weighted by atomic mass is 32.2. The number of rotatable bonds is 6. The van der Waals surface area contributed by atoms with Gasteiger partial charge in [0.25, 0.3) is 0 Å². The SMILES string of the molecule is [O-][S+](Cc1ccc(SF)cc1)Cc1ccc(SF)cc1. The summed E-state index contributed by atoms with van der Waals surface area (Å²) >= 11 is -0.652. The van der Waals surface area contributed by atoms with Gasteiger partial charge in [0.1, 0.15) is 11.5 Å². The van der Waals surface area contributed by atoms with Gasteiger partial charge < -0.3 is 4.55 Å². The van der Waals surface area contributed by atoms with Crippen LogP contribution in [-0.4, -0.2) is 4.55 Å². The molecule has 0 aromatic heterocycles. The van der Waals surface area contributed by atoms with E-state index >= 15 is 0 Å². The molecule has 0 amide bonds. The van der Waals surface area contributed by atoms with Crippen LogP contribution in [-0.2, 0) is 22.7 Å². The lowest BCUT2D eigenvalue weighted by Crippen LogP contribution is -2.07.